The summed E-state index contributed by atoms with van der Waals surface area (Å²) in [6.45, 7) is -0.194. The van der Waals surface area contributed by atoms with Gasteiger partial charge in [-0.2, -0.15) is 5.26 Å². The summed E-state index contributed by atoms with van der Waals surface area (Å²) in [5.74, 6) is -0.416. The number of benzene rings is 2. The zero-order valence-electron chi connectivity index (χ0n) is 14.2. The summed E-state index contributed by atoms with van der Waals surface area (Å²) in [5, 5.41) is 12.0. The highest BCUT2D eigenvalue weighted by molar-refractivity contribution is 14.1. The molecule has 138 valence electrons. The van der Waals surface area contributed by atoms with Crippen LogP contribution in [0.2, 0.25) is 0 Å². The van der Waals surface area contributed by atoms with Crippen LogP contribution in [0.5, 0.6) is 5.75 Å². The summed E-state index contributed by atoms with van der Waals surface area (Å²) < 4.78 is 11.5. The highest BCUT2D eigenvalue weighted by atomic mass is 127. The van der Waals surface area contributed by atoms with E-state index in [0.717, 1.165) is 7.14 Å². The van der Waals surface area contributed by atoms with E-state index in [1.54, 1.807) is 36.4 Å². The van der Waals surface area contributed by atoms with Crippen molar-refractivity contribution in [3.63, 3.8) is 0 Å². The zero-order chi connectivity index (χ0) is 19.8. The van der Waals surface area contributed by atoms with E-state index >= 15 is 0 Å². The minimum Gasteiger partial charge on any atom is -0.480 e. The number of hydrogen-bond donors (Lipinski definition) is 1. The van der Waals surface area contributed by atoms with E-state index in [1.807, 2.05) is 12.1 Å². The van der Waals surface area contributed by atoms with Gasteiger partial charge in [0.15, 0.2) is 6.61 Å². The van der Waals surface area contributed by atoms with Crippen LogP contribution in [0.4, 0.5) is 5.69 Å². The van der Waals surface area contributed by atoms with Gasteiger partial charge in [-0.25, -0.2) is 4.79 Å². The molecular formula is C19H14I2N2O4. The second-order valence-corrected chi connectivity index (χ2v) is 7.49. The molecule has 0 aromatic heterocycles. The molecule has 0 aliphatic carbocycles. The molecule has 1 amide bonds. The molecule has 0 saturated carbocycles. The minimum absolute atomic E-state index is 0.0197. The smallest absolute Gasteiger partial charge is 0.343 e. The predicted molar refractivity (Wildman–Crippen MR) is 118 cm³/mol. The molecule has 0 bridgehead atoms. The standard InChI is InChI=1S/C19H14I2N2O4/c1-26-17(24)11-27-18-15(20)8-12(9-16(18)21)7-13(10-22)19(25)23-14-5-3-2-4-6-14/h2-9H,11H2,1H3,(H,23,25)/b13-7-. The highest BCUT2D eigenvalue weighted by Gasteiger charge is 2.13. The number of anilines is 1. The van der Waals surface area contributed by atoms with Gasteiger partial charge in [-0.15, -0.1) is 0 Å². The first kappa shape index (κ1) is 21.2. The van der Waals surface area contributed by atoms with Gasteiger partial charge in [0, 0.05) is 5.69 Å². The number of carbonyl (C=O) groups excluding carboxylic acids is 2. The lowest BCUT2D eigenvalue weighted by Gasteiger charge is -2.10. The van der Waals surface area contributed by atoms with Crippen molar-refractivity contribution in [2.45, 2.75) is 0 Å². The van der Waals surface area contributed by atoms with Crippen LogP contribution in [0.15, 0.2) is 48.0 Å². The first-order valence-electron chi connectivity index (χ1n) is 7.61. The average Bonchev–Trinajstić information content (AvgIpc) is 2.65. The van der Waals surface area contributed by atoms with Crippen LogP contribution in [-0.2, 0) is 14.3 Å². The number of ether oxygens (including phenoxy) is 2. The number of nitrogens with zero attached hydrogens (tertiary/aromatic N) is 1. The molecule has 8 heteroatoms. The lowest BCUT2D eigenvalue weighted by Crippen LogP contribution is -2.14. The number of carbonyl (C=O) groups is 2. The molecule has 0 heterocycles. The topological polar surface area (TPSA) is 88.4 Å². The van der Waals surface area contributed by atoms with E-state index in [2.05, 4.69) is 55.2 Å². The van der Waals surface area contributed by atoms with E-state index in [4.69, 9.17) is 4.74 Å². The highest BCUT2D eigenvalue weighted by Crippen LogP contribution is 2.30. The Kier molecular flexibility index (Phi) is 8.05. The Bertz CT molecular complexity index is 898. The number of rotatable bonds is 6. The van der Waals surface area contributed by atoms with Gasteiger partial charge in [-0.1, -0.05) is 18.2 Å². The average molecular weight is 588 g/mol. The second kappa shape index (κ2) is 10.3. The molecule has 0 aliphatic heterocycles. The molecule has 0 fully saturated rings. The quantitative estimate of drug-likeness (QED) is 0.239. The number of para-hydroxylation sites is 1. The van der Waals surface area contributed by atoms with E-state index in [1.165, 1.54) is 13.2 Å². The lowest BCUT2D eigenvalue weighted by molar-refractivity contribution is -0.142. The summed E-state index contributed by atoms with van der Waals surface area (Å²) in [5.41, 5.74) is 1.27. The van der Waals surface area contributed by atoms with E-state index in [9.17, 15) is 14.9 Å². The third-order valence-corrected chi connectivity index (χ3v) is 4.89. The number of methoxy groups -OCH3 is 1. The zero-order valence-corrected chi connectivity index (χ0v) is 18.5. The summed E-state index contributed by atoms with van der Waals surface area (Å²) in [6.07, 6.45) is 1.51. The van der Waals surface area contributed by atoms with Gasteiger partial charge in [0.05, 0.1) is 14.3 Å². The minimum atomic E-state index is -0.486. The van der Waals surface area contributed by atoms with E-state index < -0.39 is 11.9 Å². The fourth-order valence-electron chi connectivity index (χ4n) is 2.03. The van der Waals surface area contributed by atoms with Gasteiger partial charge in [0.2, 0.25) is 0 Å². The number of hydrogen-bond acceptors (Lipinski definition) is 5. The van der Waals surface area contributed by atoms with Gasteiger partial charge in [-0.3, -0.25) is 4.79 Å². The van der Waals surface area contributed by atoms with Crippen molar-refractivity contribution in [3.8, 4) is 11.8 Å². The van der Waals surface area contributed by atoms with Crippen molar-refractivity contribution in [3.05, 3.63) is 60.7 Å². The van der Waals surface area contributed by atoms with Crippen LogP contribution in [0.3, 0.4) is 0 Å². The van der Waals surface area contributed by atoms with Gasteiger partial charge < -0.3 is 14.8 Å². The van der Waals surface area contributed by atoms with Crippen LogP contribution in [0.1, 0.15) is 5.56 Å². The van der Waals surface area contributed by atoms with Gasteiger partial charge in [0.25, 0.3) is 5.91 Å². The van der Waals surface area contributed by atoms with Crippen molar-refractivity contribution in [2.24, 2.45) is 0 Å². The third kappa shape index (κ3) is 6.21. The Balaban J connectivity index is 2.22. The van der Waals surface area contributed by atoms with Gasteiger partial charge in [-0.05, 0) is 81.1 Å². The van der Waals surface area contributed by atoms with Crippen molar-refractivity contribution in [1.29, 1.82) is 5.26 Å². The Morgan fingerprint density at radius 3 is 2.37 bits per heavy atom. The number of halogens is 2. The summed E-state index contributed by atoms with van der Waals surface area (Å²) >= 11 is 4.14. The number of nitrogens with one attached hydrogen (secondary N) is 1. The summed E-state index contributed by atoms with van der Waals surface area (Å²) in [6, 6.07) is 14.4. The molecule has 0 radical (unpaired) electrons. The Labute approximate surface area is 183 Å². The van der Waals surface area contributed by atoms with Crippen molar-refractivity contribution >= 4 is 68.8 Å². The van der Waals surface area contributed by atoms with E-state index in [0.29, 0.717) is 17.0 Å². The molecule has 1 N–H and O–H groups in total. The van der Waals surface area contributed by atoms with Crippen molar-refractivity contribution < 1.29 is 19.1 Å². The van der Waals surface area contributed by atoms with Crippen LogP contribution < -0.4 is 10.1 Å². The molecule has 0 atom stereocenters. The summed E-state index contributed by atoms with van der Waals surface area (Å²) in [4.78, 5) is 23.6. The molecule has 2 aromatic rings. The van der Waals surface area contributed by atoms with Crippen LogP contribution in [0.25, 0.3) is 6.08 Å². The maximum atomic E-state index is 12.3. The normalized spacial score (nSPS) is 10.7. The number of amides is 1. The fraction of sp³-hybridized carbons (Fsp3) is 0.105. The number of esters is 1. The first-order valence-corrected chi connectivity index (χ1v) is 9.77. The predicted octanol–water partition coefficient (Wildman–Crippen LogP) is 3.99. The summed E-state index contributed by atoms with van der Waals surface area (Å²) in [7, 11) is 1.29. The SMILES string of the molecule is COC(=O)COc1c(I)cc(/C=C(/C#N)C(=O)Nc2ccccc2)cc1I. The number of nitriles is 1. The second-order valence-electron chi connectivity index (χ2n) is 5.17. The molecule has 0 spiro atoms. The van der Waals surface area contributed by atoms with Crippen molar-refractivity contribution in [1.82, 2.24) is 0 Å². The Morgan fingerprint density at radius 2 is 1.81 bits per heavy atom. The molecule has 0 saturated heterocycles. The Hall–Kier alpha value is -2.13. The third-order valence-electron chi connectivity index (χ3n) is 3.29. The lowest BCUT2D eigenvalue weighted by atomic mass is 10.1. The van der Waals surface area contributed by atoms with Crippen LogP contribution in [0, 0.1) is 18.5 Å². The fourth-order valence-corrected chi connectivity index (χ4v) is 4.15. The van der Waals surface area contributed by atoms with Gasteiger partial charge in [0.1, 0.15) is 17.4 Å². The van der Waals surface area contributed by atoms with E-state index in [-0.39, 0.29) is 12.2 Å². The van der Waals surface area contributed by atoms with Gasteiger partial charge >= 0.3 is 5.97 Å². The van der Waals surface area contributed by atoms with Crippen LogP contribution in [-0.4, -0.2) is 25.6 Å². The molecule has 2 rings (SSSR count). The molecule has 0 unspecified atom stereocenters. The molecular weight excluding hydrogens is 574 g/mol. The Morgan fingerprint density at radius 1 is 1.19 bits per heavy atom. The monoisotopic (exact) mass is 588 g/mol. The molecule has 6 nitrogen and oxygen atoms in total. The van der Waals surface area contributed by atoms with Crippen LogP contribution >= 0.6 is 45.2 Å². The molecule has 27 heavy (non-hydrogen) atoms. The maximum Gasteiger partial charge on any atom is 0.343 e. The van der Waals surface area contributed by atoms with Crippen molar-refractivity contribution in [2.75, 3.05) is 19.0 Å². The maximum absolute atomic E-state index is 12.3. The molecule has 0 aliphatic rings. The molecule has 2 aromatic carbocycles. The first-order chi connectivity index (χ1) is 12.9. The largest absolute Gasteiger partial charge is 0.480 e.